The van der Waals surface area contributed by atoms with Crippen LogP contribution in [-0.2, 0) is 20.7 Å². The topological polar surface area (TPSA) is 72.6 Å². The van der Waals surface area contributed by atoms with Crippen LogP contribution in [0, 0.1) is 0 Å². The van der Waals surface area contributed by atoms with Gasteiger partial charge in [0.2, 0.25) is 5.91 Å². The minimum absolute atomic E-state index is 0.0419. The average Bonchev–Trinajstić information content (AvgIpc) is 2.47. The smallest absolute Gasteiger partial charge is 0.307 e. The van der Waals surface area contributed by atoms with Crippen LogP contribution in [0.2, 0.25) is 0 Å². The predicted octanol–water partition coefficient (Wildman–Crippen LogP) is 1.76. The molecule has 1 saturated heterocycles. The van der Waals surface area contributed by atoms with Crippen molar-refractivity contribution in [3.05, 3.63) is 29.8 Å². The number of carbonyl (C=O) groups is 2. The van der Waals surface area contributed by atoms with Crippen molar-refractivity contribution in [1.29, 1.82) is 0 Å². The number of nitrogens with two attached hydrogens (primary N) is 1. The molecular formula is C16H22N2O3. The van der Waals surface area contributed by atoms with Crippen LogP contribution in [0.4, 0.5) is 5.69 Å². The van der Waals surface area contributed by atoms with Crippen molar-refractivity contribution in [2.24, 2.45) is 0 Å². The number of amides is 1. The van der Waals surface area contributed by atoms with Gasteiger partial charge in [0.15, 0.2) is 0 Å². The fraction of sp³-hybridized carbons (Fsp3) is 0.500. The Balaban J connectivity index is 2.02. The zero-order valence-electron chi connectivity index (χ0n) is 12.4. The Morgan fingerprint density at radius 1 is 1.38 bits per heavy atom. The fourth-order valence-corrected chi connectivity index (χ4v) is 2.80. The molecule has 0 bridgehead atoms. The highest BCUT2D eigenvalue weighted by molar-refractivity contribution is 5.80. The van der Waals surface area contributed by atoms with Crippen molar-refractivity contribution in [3.8, 4) is 0 Å². The van der Waals surface area contributed by atoms with Crippen molar-refractivity contribution >= 4 is 17.6 Å². The Bertz CT molecular complexity index is 516. The van der Waals surface area contributed by atoms with E-state index in [1.807, 2.05) is 23.1 Å². The second kappa shape index (κ2) is 7.11. The number of carbonyl (C=O) groups excluding carboxylic acids is 2. The Morgan fingerprint density at radius 3 is 2.90 bits per heavy atom. The van der Waals surface area contributed by atoms with E-state index >= 15 is 0 Å². The van der Waals surface area contributed by atoms with E-state index in [0.29, 0.717) is 18.7 Å². The van der Waals surface area contributed by atoms with E-state index in [0.717, 1.165) is 24.8 Å². The number of ether oxygens (including phenoxy) is 1. The maximum atomic E-state index is 12.5. The molecule has 1 aliphatic heterocycles. The number of nitrogen functional groups attached to an aromatic ring is 1. The maximum absolute atomic E-state index is 12.5. The number of piperidine rings is 1. The molecule has 0 aliphatic carbocycles. The van der Waals surface area contributed by atoms with E-state index in [9.17, 15) is 9.59 Å². The summed E-state index contributed by atoms with van der Waals surface area (Å²) in [5, 5.41) is 0. The number of likely N-dealkylation sites (tertiary alicyclic amines) is 1. The molecule has 1 unspecified atom stereocenters. The molecule has 0 spiro atoms. The first-order valence-electron chi connectivity index (χ1n) is 7.31. The molecule has 1 atom stereocenters. The number of nitrogens with zero attached hydrogens (tertiary/aromatic N) is 1. The van der Waals surface area contributed by atoms with Gasteiger partial charge in [-0.2, -0.15) is 0 Å². The first-order chi connectivity index (χ1) is 10.1. The summed E-state index contributed by atoms with van der Waals surface area (Å²) in [5.74, 6) is -0.210. The lowest BCUT2D eigenvalue weighted by molar-refractivity contribution is -0.144. The third-order valence-electron chi connectivity index (χ3n) is 3.88. The standard InChI is InChI=1S/C16H22N2O3/c1-21-16(20)11-14-7-2-3-8-18(14)15(19)10-12-5-4-6-13(17)9-12/h4-6,9,14H,2-3,7-8,10-11,17H2,1H3. The van der Waals surface area contributed by atoms with Gasteiger partial charge < -0.3 is 15.4 Å². The van der Waals surface area contributed by atoms with Gasteiger partial charge in [-0.1, -0.05) is 12.1 Å². The quantitative estimate of drug-likeness (QED) is 0.677. The highest BCUT2D eigenvalue weighted by Gasteiger charge is 2.28. The number of benzene rings is 1. The van der Waals surface area contributed by atoms with Crippen LogP contribution < -0.4 is 5.73 Å². The first-order valence-corrected chi connectivity index (χ1v) is 7.31. The second-order valence-corrected chi connectivity index (χ2v) is 5.44. The predicted molar refractivity (Wildman–Crippen MR) is 80.5 cm³/mol. The summed E-state index contributed by atoms with van der Waals surface area (Å²) < 4.78 is 4.72. The van der Waals surface area contributed by atoms with Crippen LogP contribution in [0.1, 0.15) is 31.2 Å². The molecule has 2 N–H and O–H groups in total. The molecule has 2 rings (SSSR count). The van der Waals surface area contributed by atoms with Gasteiger partial charge in [-0.05, 0) is 37.0 Å². The van der Waals surface area contributed by atoms with Crippen molar-refractivity contribution in [2.45, 2.75) is 38.1 Å². The van der Waals surface area contributed by atoms with Gasteiger partial charge >= 0.3 is 5.97 Å². The SMILES string of the molecule is COC(=O)CC1CCCCN1C(=O)Cc1cccc(N)c1. The van der Waals surface area contributed by atoms with Crippen LogP contribution in [0.15, 0.2) is 24.3 Å². The van der Waals surface area contributed by atoms with E-state index in [-0.39, 0.29) is 24.3 Å². The summed E-state index contributed by atoms with van der Waals surface area (Å²) in [6.45, 7) is 0.711. The van der Waals surface area contributed by atoms with E-state index in [1.54, 1.807) is 6.07 Å². The van der Waals surface area contributed by atoms with Crippen molar-refractivity contribution in [2.75, 3.05) is 19.4 Å². The summed E-state index contributed by atoms with van der Waals surface area (Å²) in [6, 6.07) is 7.32. The number of hydrogen-bond acceptors (Lipinski definition) is 4. The molecule has 1 fully saturated rings. The summed E-state index contributed by atoms with van der Waals surface area (Å²) in [7, 11) is 1.38. The van der Waals surface area contributed by atoms with Crippen LogP contribution in [0.3, 0.4) is 0 Å². The molecule has 0 aromatic heterocycles. The van der Waals surface area contributed by atoms with Crippen LogP contribution in [-0.4, -0.2) is 36.5 Å². The minimum Gasteiger partial charge on any atom is -0.469 e. The third-order valence-corrected chi connectivity index (χ3v) is 3.88. The Kier molecular flexibility index (Phi) is 5.20. The summed E-state index contributed by atoms with van der Waals surface area (Å²) in [6.07, 6.45) is 3.49. The highest BCUT2D eigenvalue weighted by Crippen LogP contribution is 2.21. The Labute approximate surface area is 125 Å². The van der Waals surface area contributed by atoms with Gasteiger partial charge in [0.05, 0.1) is 20.0 Å². The van der Waals surface area contributed by atoms with E-state index in [2.05, 4.69) is 0 Å². The number of hydrogen-bond donors (Lipinski definition) is 1. The largest absolute Gasteiger partial charge is 0.469 e. The molecule has 1 aromatic rings. The van der Waals surface area contributed by atoms with Crippen LogP contribution in [0.25, 0.3) is 0 Å². The van der Waals surface area contributed by atoms with Crippen LogP contribution >= 0.6 is 0 Å². The molecular weight excluding hydrogens is 268 g/mol. The lowest BCUT2D eigenvalue weighted by Crippen LogP contribution is -2.45. The van der Waals surface area contributed by atoms with Crippen molar-refractivity contribution < 1.29 is 14.3 Å². The van der Waals surface area contributed by atoms with E-state index in [4.69, 9.17) is 10.5 Å². The summed E-state index contributed by atoms with van der Waals surface area (Å²) in [4.78, 5) is 25.8. The van der Waals surface area contributed by atoms with E-state index in [1.165, 1.54) is 7.11 Å². The summed E-state index contributed by atoms with van der Waals surface area (Å²) >= 11 is 0. The van der Waals surface area contributed by atoms with Gasteiger partial charge in [-0.15, -0.1) is 0 Å². The molecule has 0 saturated carbocycles. The molecule has 21 heavy (non-hydrogen) atoms. The molecule has 5 heteroatoms. The molecule has 1 aromatic carbocycles. The molecule has 1 amide bonds. The first kappa shape index (κ1) is 15.4. The summed E-state index contributed by atoms with van der Waals surface area (Å²) in [5.41, 5.74) is 7.30. The number of rotatable bonds is 4. The fourth-order valence-electron chi connectivity index (χ4n) is 2.80. The molecule has 114 valence electrons. The monoisotopic (exact) mass is 290 g/mol. The molecule has 1 aliphatic rings. The Morgan fingerprint density at radius 2 is 2.19 bits per heavy atom. The normalized spacial score (nSPS) is 18.3. The lowest BCUT2D eigenvalue weighted by atomic mass is 9.98. The Hall–Kier alpha value is -2.04. The van der Waals surface area contributed by atoms with Gasteiger partial charge in [-0.25, -0.2) is 0 Å². The van der Waals surface area contributed by atoms with Gasteiger partial charge in [0.1, 0.15) is 0 Å². The lowest BCUT2D eigenvalue weighted by Gasteiger charge is -2.35. The molecule has 1 heterocycles. The van der Waals surface area contributed by atoms with Gasteiger partial charge in [0.25, 0.3) is 0 Å². The zero-order valence-corrected chi connectivity index (χ0v) is 12.4. The zero-order chi connectivity index (χ0) is 15.2. The second-order valence-electron chi connectivity index (χ2n) is 5.44. The minimum atomic E-state index is -0.261. The van der Waals surface area contributed by atoms with E-state index < -0.39 is 0 Å². The average molecular weight is 290 g/mol. The number of esters is 1. The van der Waals surface area contributed by atoms with Gasteiger partial charge in [0, 0.05) is 18.3 Å². The highest BCUT2D eigenvalue weighted by atomic mass is 16.5. The van der Waals surface area contributed by atoms with Crippen molar-refractivity contribution in [3.63, 3.8) is 0 Å². The third kappa shape index (κ3) is 4.21. The number of methoxy groups -OCH3 is 1. The van der Waals surface area contributed by atoms with Crippen molar-refractivity contribution in [1.82, 2.24) is 4.90 Å². The van der Waals surface area contributed by atoms with Gasteiger partial charge in [-0.3, -0.25) is 9.59 Å². The molecule has 0 radical (unpaired) electrons. The molecule has 5 nitrogen and oxygen atoms in total. The number of anilines is 1. The maximum Gasteiger partial charge on any atom is 0.307 e. The van der Waals surface area contributed by atoms with Crippen LogP contribution in [0.5, 0.6) is 0 Å².